The molecular formula is C18H25N3O2S. The van der Waals surface area contributed by atoms with E-state index in [-0.39, 0.29) is 17.9 Å². The van der Waals surface area contributed by atoms with E-state index in [1.54, 1.807) is 0 Å². The first-order valence-corrected chi connectivity index (χ1v) is 9.77. The van der Waals surface area contributed by atoms with Crippen molar-refractivity contribution < 1.29 is 9.59 Å². The molecule has 0 bridgehead atoms. The number of amides is 2. The van der Waals surface area contributed by atoms with Crippen molar-refractivity contribution in [1.82, 2.24) is 14.7 Å². The number of nitrogens with zero attached hydrogens (tertiary/aromatic N) is 3. The summed E-state index contributed by atoms with van der Waals surface area (Å²) in [4.78, 5) is 31.2. The summed E-state index contributed by atoms with van der Waals surface area (Å²) in [5.41, 5.74) is 0.719. The fraction of sp³-hybridized carbons (Fsp3) is 0.556. The van der Waals surface area contributed by atoms with Crippen LogP contribution >= 0.6 is 11.8 Å². The number of hydrogen-bond donors (Lipinski definition) is 0. The van der Waals surface area contributed by atoms with Gasteiger partial charge in [-0.1, -0.05) is 18.2 Å². The van der Waals surface area contributed by atoms with Gasteiger partial charge in [-0.3, -0.25) is 14.5 Å². The molecule has 0 spiro atoms. The van der Waals surface area contributed by atoms with Gasteiger partial charge in [0.2, 0.25) is 5.91 Å². The van der Waals surface area contributed by atoms with Crippen LogP contribution in [0, 0.1) is 0 Å². The van der Waals surface area contributed by atoms with Crippen LogP contribution < -0.4 is 0 Å². The second-order valence-electron chi connectivity index (χ2n) is 6.31. The molecule has 130 valence electrons. The van der Waals surface area contributed by atoms with E-state index in [4.69, 9.17) is 0 Å². The number of carbonyl (C=O) groups is 2. The maximum Gasteiger partial charge on any atom is 0.253 e. The van der Waals surface area contributed by atoms with Crippen molar-refractivity contribution in [3.8, 4) is 0 Å². The van der Waals surface area contributed by atoms with Crippen molar-refractivity contribution in [3.05, 3.63) is 35.9 Å². The average molecular weight is 347 g/mol. The highest BCUT2D eigenvalue weighted by atomic mass is 32.2. The number of piperazine rings is 1. The molecule has 6 heteroatoms. The molecule has 2 aliphatic rings. The van der Waals surface area contributed by atoms with Crippen LogP contribution in [0.4, 0.5) is 0 Å². The highest BCUT2D eigenvalue weighted by Crippen LogP contribution is 2.15. The Bertz CT molecular complexity index is 567. The summed E-state index contributed by atoms with van der Waals surface area (Å²) < 4.78 is 0. The van der Waals surface area contributed by atoms with E-state index in [9.17, 15) is 9.59 Å². The normalized spacial score (nSPS) is 20.7. The largest absolute Gasteiger partial charge is 0.338 e. The van der Waals surface area contributed by atoms with Crippen LogP contribution in [0.1, 0.15) is 17.3 Å². The number of benzene rings is 1. The first-order chi connectivity index (χ1) is 11.7. The van der Waals surface area contributed by atoms with E-state index in [1.165, 1.54) is 0 Å². The second-order valence-corrected chi connectivity index (χ2v) is 7.53. The lowest BCUT2D eigenvalue weighted by molar-refractivity contribution is -0.137. The highest BCUT2D eigenvalue weighted by Gasteiger charge is 2.30. The molecule has 0 N–H and O–H groups in total. The van der Waals surface area contributed by atoms with E-state index in [2.05, 4.69) is 4.90 Å². The maximum atomic E-state index is 12.7. The van der Waals surface area contributed by atoms with Gasteiger partial charge in [0.15, 0.2) is 0 Å². The van der Waals surface area contributed by atoms with Gasteiger partial charge >= 0.3 is 0 Å². The molecule has 2 amide bonds. The zero-order valence-corrected chi connectivity index (χ0v) is 15.0. The topological polar surface area (TPSA) is 43.9 Å². The molecule has 0 aliphatic carbocycles. The molecule has 3 rings (SSSR count). The second kappa shape index (κ2) is 8.03. The molecule has 2 heterocycles. The summed E-state index contributed by atoms with van der Waals surface area (Å²) >= 11 is 1.95. The van der Waals surface area contributed by atoms with Crippen molar-refractivity contribution >= 4 is 23.6 Å². The molecule has 2 fully saturated rings. The summed E-state index contributed by atoms with van der Waals surface area (Å²) in [5, 5.41) is 0. The molecule has 0 unspecified atom stereocenters. The Morgan fingerprint density at radius 1 is 0.917 bits per heavy atom. The Balaban J connectivity index is 1.52. The minimum absolute atomic E-state index is 0.0534. The first kappa shape index (κ1) is 17.3. The summed E-state index contributed by atoms with van der Waals surface area (Å²) in [6, 6.07) is 9.31. The van der Waals surface area contributed by atoms with E-state index in [1.807, 2.05) is 58.8 Å². The molecule has 0 saturated carbocycles. The molecule has 0 aromatic heterocycles. The third-order valence-electron chi connectivity index (χ3n) is 4.85. The lowest BCUT2D eigenvalue weighted by atomic mass is 10.1. The van der Waals surface area contributed by atoms with E-state index >= 15 is 0 Å². The van der Waals surface area contributed by atoms with Crippen LogP contribution in [0.5, 0.6) is 0 Å². The van der Waals surface area contributed by atoms with Crippen molar-refractivity contribution in [1.29, 1.82) is 0 Å². The zero-order valence-electron chi connectivity index (χ0n) is 14.2. The van der Waals surface area contributed by atoms with Crippen LogP contribution in [0.15, 0.2) is 30.3 Å². The van der Waals surface area contributed by atoms with Crippen molar-refractivity contribution in [2.45, 2.75) is 13.0 Å². The standard InChI is InChI=1S/C18H25N3O2S/c1-15(19-11-13-24-14-12-19)17(22)20-7-9-21(10-8-20)18(23)16-5-3-2-4-6-16/h2-6,15H,7-14H2,1H3/t15-/m0/s1. The number of thioether (sulfide) groups is 1. The van der Waals surface area contributed by atoms with Gasteiger partial charge in [0.1, 0.15) is 0 Å². The Morgan fingerprint density at radius 2 is 1.50 bits per heavy atom. The Hall–Kier alpha value is -1.53. The van der Waals surface area contributed by atoms with Gasteiger partial charge in [-0.25, -0.2) is 0 Å². The molecular weight excluding hydrogens is 322 g/mol. The molecule has 24 heavy (non-hydrogen) atoms. The smallest absolute Gasteiger partial charge is 0.253 e. The van der Waals surface area contributed by atoms with E-state index in [0.717, 1.165) is 30.2 Å². The van der Waals surface area contributed by atoms with Crippen LogP contribution in [-0.4, -0.2) is 83.3 Å². The van der Waals surface area contributed by atoms with Gasteiger partial charge in [0.25, 0.3) is 5.91 Å². The Morgan fingerprint density at radius 3 is 2.12 bits per heavy atom. The lowest BCUT2D eigenvalue weighted by Crippen LogP contribution is -2.56. The number of rotatable bonds is 3. The molecule has 1 aromatic rings. The van der Waals surface area contributed by atoms with Gasteiger partial charge in [0.05, 0.1) is 6.04 Å². The van der Waals surface area contributed by atoms with Gasteiger partial charge in [0, 0.05) is 56.3 Å². The molecule has 2 saturated heterocycles. The minimum atomic E-state index is -0.0534. The molecule has 1 atom stereocenters. The van der Waals surface area contributed by atoms with Crippen LogP contribution in [0.2, 0.25) is 0 Å². The predicted octanol–water partition coefficient (Wildman–Crippen LogP) is 1.41. The van der Waals surface area contributed by atoms with Crippen LogP contribution in [0.25, 0.3) is 0 Å². The number of carbonyl (C=O) groups excluding carboxylic acids is 2. The minimum Gasteiger partial charge on any atom is -0.338 e. The third-order valence-corrected chi connectivity index (χ3v) is 5.79. The summed E-state index contributed by atoms with van der Waals surface area (Å²) in [5.74, 6) is 2.48. The van der Waals surface area contributed by atoms with Gasteiger partial charge < -0.3 is 9.80 Å². The van der Waals surface area contributed by atoms with Crippen molar-refractivity contribution in [3.63, 3.8) is 0 Å². The Labute approximate surface area is 148 Å². The fourth-order valence-electron chi connectivity index (χ4n) is 3.28. The van der Waals surface area contributed by atoms with Crippen molar-refractivity contribution in [2.75, 3.05) is 50.8 Å². The maximum absolute atomic E-state index is 12.7. The molecule has 1 aromatic carbocycles. The highest BCUT2D eigenvalue weighted by molar-refractivity contribution is 7.99. The summed E-state index contributed by atoms with van der Waals surface area (Å²) in [6.07, 6.45) is 0. The monoisotopic (exact) mass is 347 g/mol. The van der Waals surface area contributed by atoms with Crippen LogP contribution in [0.3, 0.4) is 0 Å². The molecule has 2 aliphatic heterocycles. The van der Waals surface area contributed by atoms with Crippen molar-refractivity contribution in [2.24, 2.45) is 0 Å². The van der Waals surface area contributed by atoms with Crippen LogP contribution in [-0.2, 0) is 4.79 Å². The van der Waals surface area contributed by atoms with Gasteiger partial charge in [-0.2, -0.15) is 11.8 Å². The Kier molecular flexibility index (Phi) is 5.79. The predicted molar refractivity (Wildman–Crippen MR) is 97.3 cm³/mol. The summed E-state index contributed by atoms with van der Waals surface area (Å²) in [6.45, 7) is 6.48. The SMILES string of the molecule is C[C@@H](C(=O)N1CCN(C(=O)c2ccccc2)CC1)N1CCSCC1. The van der Waals surface area contributed by atoms with E-state index < -0.39 is 0 Å². The third kappa shape index (κ3) is 3.92. The zero-order chi connectivity index (χ0) is 16.9. The fourth-order valence-corrected chi connectivity index (χ4v) is 4.21. The lowest BCUT2D eigenvalue weighted by Gasteiger charge is -2.39. The summed E-state index contributed by atoms with van der Waals surface area (Å²) in [7, 11) is 0. The van der Waals surface area contributed by atoms with Gasteiger partial charge in [-0.05, 0) is 19.1 Å². The number of hydrogen-bond acceptors (Lipinski definition) is 4. The molecule has 0 radical (unpaired) electrons. The first-order valence-electron chi connectivity index (χ1n) is 8.62. The molecule has 5 nitrogen and oxygen atoms in total. The van der Waals surface area contributed by atoms with Gasteiger partial charge in [-0.15, -0.1) is 0 Å². The average Bonchev–Trinajstić information content (AvgIpc) is 2.68. The van der Waals surface area contributed by atoms with E-state index in [0.29, 0.717) is 26.2 Å². The quantitative estimate of drug-likeness (QED) is 0.829.